The Morgan fingerprint density at radius 2 is 1.48 bits per heavy atom. The van der Waals surface area contributed by atoms with E-state index in [1.165, 1.54) is 24.1 Å². The molecule has 2 aromatic heterocycles. The van der Waals surface area contributed by atoms with Crippen LogP contribution < -0.4 is 10.5 Å². The first-order valence-electron chi connectivity index (χ1n) is 10.9. The normalized spacial score (nSPS) is 15.0. The fourth-order valence-corrected chi connectivity index (χ4v) is 4.33. The lowest BCUT2D eigenvalue weighted by Crippen LogP contribution is -2.32. The minimum absolute atomic E-state index is 0.0968. The summed E-state index contributed by atoms with van der Waals surface area (Å²) in [5, 5.41) is 4.96. The van der Waals surface area contributed by atoms with Crippen LogP contribution >= 0.6 is 0 Å². The Hall–Kier alpha value is -3.41. The van der Waals surface area contributed by atoms with Crippen molar-refractivity contribution < 1.29 is 0 Å². The van der Waals surface area contributed by atoms with E-state index in [-0.39, 0.29) is 5.56 Å². The van der Waals surface area contributed by atoms with Gasteiger partial charge in [0, 0.05) is 18.8 Å². The number of aryl methyl sites for hydroxylation is 2. The monoisotopic (exact) mass is 413 g/mol. The Balaban J connectivity index is 1.52. The van der Waals surface area contributed by atoms with E-state index >= 15 is 0 Å². The molecule has 4 aromatic rings. The highest BCUT2D eigenvalue weighted by Gasteiger charge is 2.18. The Kier molecular flexibility index (Phi) is 4.85. The Morgan fingerprint density at radius 1 is 0.871 bits per heavy atom. The SMILES string of the molecule is Cc1ccc(-n2ncc3c(=O)n(-c4ccc(N5CCC(C)CC5)cc4)c(C)nc32)cc1. The first kappa shape index (κ1) is 19.5. The third kappa shape index (κ3) is 3.52. The lowest BCUT2D eigenvalue weighted by molar-refractivity contribution is 0.438. The van der Waals surface area contributed by atoms with Crippen LogP contribution in [0, 0.1) is 19.8 Å². The second-order valence-electron chi connectivity index (χ2n) is 8.61. The fraction of sp³-hybridized carbons (Fsp3) is 0.320. The summed E-state index contributed by atoms with van der Waals surface area (Å²) in [7, 11) is 0. The maximum absolute atomic E-state index is 13.3. The Morgan fingerprint density at radius 3 is 2.16 bits per heavy atom. The van der Waals surface area contributed by atoms with Crippen molar-refractivity contribution >= 4 is 16.7 Å². The van der Waals surface area contributed by atoms with Crippen LogP contribution in [0.15, 0.2) is 59.5 Å². The molecule has 0 atom stereocenters. The summed E-state index contributed by atoms with van der Waals surface area (Å²) >= 11 is 0. The molecule has 0 amide bonds. The molecule has 0 N–H and O–H groups in total. The molecule has 2 aromatic carbocycles. The average Bonchev–Trinajstić information content (AvgIpc) is 3.19. The summed E-state index contributed by atoms with van der Waals surface area (Å²) < 4.78 is 3.40. The predicted octanol–water partition coefficient (Wildman–Crippen LogP) is 4.42. The van der Waals surface area contributed by atoms with Gasteiger partial charge < -0.3 is 4.90 Å². The van der Waals surface area contributed by atoms with Crippen LogP contribution in [0.25, 0.3) is 22.4 Å². The number of rotatable bonds is 3. The number of hydrogen-bond donors (Lipinski definition) is 0. The number of aromatic nitrogens is 4. The van der Waals surface area contributed by atoms with E-state index in [1.807, 2.05) is 50.2 Å². The van der Waals surface area contributed by atoms with E-state index in [9.17, 15) is 4.79 Å². The number of hydrogen-bond acceptors (Lipinski definition) is 4. The van der Waals surface area contributed by atoms with Crippen molar-refractivity contribution in [2.24, 2.45) is 5.92 Å². The standard InChI is InChI=1S/C25H27N5O/c1-17-4-6-22(7-5-17)30-24-23(16-26-30)25(31)29(19(3)27-24)21-10-8-20(9-11-21)28-14-12-18(2)13-15-28/h4-11,16,18H,12-15H2,1-3H3. The van der Waals surface area contributed by atoms with E-state index < -0.39 is 0 Å². The van der Waals surface area contributed by atoms with E-state index in [0.717, 1.165) is 30.4 Å². The quantitative estimate of drug-likeness (QED) is 0.499. The second kappa shape index (κ2) is 7.69. The molecule has 31 heavy (non-hydrogen) atoms. The van der Waals surface area contributed by atoms with Gasteiger partial charge in [0.25, 0.3) is 5.56 Å². The van der Waals surface area contributed by atoms with Gasteiger partial charge in [-0.05, 0) is 69.0 Å². The topological polar surface area (TPSA) is 56.0 Å². The van der Waals surface area contributed by atoms with Gasteiger partial charge in [0.05, 0.1) is 17.6 Å². The molecule has 0 aliphatic carbocycles. The van der Waals surface area contributed by atoms with Gasteiger partial charge in [0.15, 0.2) is 5.65 Å². The summed E-state index contributed by atoms with van der Waals surface area (Å²) in [5.74, 6) is 1.45. The maximum Gasteiger partial charge on any atom is 0.269 e. The van der Waals surface area contributed by atoms with Gasteiger partial charge in [-0.2, -0.15) is 5.10 Å². The molecular formula is C25H27N5O. The van der Waals surface area contributed by atoms with E-state index in [2.05, 4.69) is 29.1 Å². The molecule has 1 aliphatic heterocycles. The largest absolute Gasteiger partial charge is 0.372 e. The summed E-state index contributed by atoms with van der Waals surface area (Å²) in [6, 6.07) is 16.3. The molecule has 0 unspecified atom stereocenters. The summed E-state index contributed by atoms with van der Waals surface area (Å²) in [5.41, 5.74) is 4.60. The number of benzene rings is 2. The minimum atomic E-state index is -0.0968. The highest BCUT2D eigenvalue weighted by atomic mass is 16.1. The van der Waals surface area contributed by atoms with Crippen LogP contribution in [0.5, 0.6) is 0 Å². The zero-order valence-corrected chi connectivity index (χ0v) is 18.2. The molecule has 1 fully saturated rings. The molecule has 0 bridgehead atoms. The lowest BCUT2D eigenvalue weighted by atomic mass is 9.99. The van der Waals surface area contributed by atoms with E-state index in [0.29, 0.717) is 16.9 Å². The fourth-order valence-electron chi connectivity index (χ4n) is 4.33. The van der Waals surface area contributed by atoms with Gasteiger partial charge in [-0.1, -0.05) is 24.6 Å². The summed E-state index contributed by atoms with van der Waals surface area (Å²) in [6.45, 7) is 8.41. The summed E-state index contributed by atoms with van der Waals surface area (Å²) in [4.78, 5) is 20.5. The first-order valence-corrected chi connectivity index (χ1v) is 10.9. The Labute approximate surface area is 181 Å². The zero-order valence-electron chi connectivity index (χ0n) is 18.2. The summed E-state index contributed by atoms with van der Waals surface area (Å²) in [6.07, 6.45) is 4.07. The van der Waals surface area contributed by atoms with Crippen LogP contribution in [0.1, 0.15) is 31.2 Å². The second-order valence-corrected chi connectivity index (χ2v) is 8.61. The molecule has 0 spiro atoms. The van der Waals surface area contributed by atoms with Crippen LogP contribution in [0.3, 0.4) is 0 Å². The number of fused-ring (bicyclic) bond motifs is 1. The van der Waals surface area contributed by atoms with Crippen molar-refractivity contribution in [1.82, 2.24) is 19.3 Å². The molecule has 0 saturated carbocycles. The van der Waals surface area contributed by atoms with Crippen molar-refractivity contribution in [3.05, 3.63) is 76.5 Å². The molecule has 6 heteroatoms. The maximum atomic E-state index is 13.3. The van der Waals surface area contributed by atoms with Gasteiger partial charge in [0.2, 0.25) is 0 Å². The highest BCUT2D eigenvalue weighted by Crippen LogP contribution is 2.24. The highest BCUT2D eigenvalue weighted by molar-refractivity contribution is 5.76. The van der Waals surface area contributed by atoms with Gasteiger partial charge in [0.1, 0.15) is 11.2 Å². The van der Waals surface area contributed by atoms with E-state index in [4.69, 9.17) is 4.98 Å². The first-order chi connectivity index (χ1) is 15.0. The molecule has 1 saturated heterocycles. The van der Waals surface area contributed by atoms with Crippen molar-refractivity contribution in [2.75, 3.05) is 18.0 Å². The predicted molar refractivity (Wildman–Crippen MR) is 125 cm³/mol. The van der Waals surface area contributed by atoms with Crippen LogP contribution in [0.2, 0.25) is 0 Å². The zero-order chi connectivity index (χ0) is 21.5. The average molecular weight is 414 g/mol. The van der Waals surface area contributed by atoms with E-state index in [1.54, 1.807) is 15.4 Å². The van der Waals surface area contributed by atoms with Crippen molar-refractivity contribution in [3.63, 3.8) is 0 Å². The molecule has 158 valence electrons. The Bertz CT molecular complexity index is 1280. The van der Waals surface area contributed by atoms with Crippen molar-refractivity contribution in [2.45, 2.75) is 33.6 Å². The molecule has 0 radical (unpaired) electrons. The van der Waals surface area contributed by atoms with Gasteiger partial charge in [-0.25, -0.2) is 9.67 Å². The molecule has 6 nitrogen and oxygen atoms in total. The number of nitrogens with zero attached hydrogens (tertiary/aromatic N) is 5. The van der Waals surface area contributed by atoms with Gasteiger partial charge in [-0.15, -0.1) is 0 Å². The molecule has 3 heterocycles. The van der Waals surface area contributed by atoms with Crippen LogP contribution in [-0.4, -0.2) is 32.4 Å². The third-order valence-corrected chi connectivity index (χ3v) is 6.30. The molecule has 1 aliphatic rings. The van der Waals surface area contributed by atoms with Crippen LogP contribution in [0.4, 0.5) is 5.69 Å². The third-order valence-electron chi connectivity index (χ3n) is 6.30. The lowest BCUT2D eigenvalue weighted by Gasteiger charge is -2.32. The van der Waals surface area contributed by atoms with Gasteiger partial charge in [-0.3, -0.25) is 9.36 Å². The number of anilines is 1. The smallest absolute Gasteiger partial charge is 0.269 e. The van der Waals surface area contributed by atoms with Crippen molar-refractivity contribution in [1.29, 1.82) is 0 Å². The van der Waals surface area contributed by atoms with Gasteiger partial charge >= 0.3 is 0 Å². The van der Waals surface area contributed by atoms with Crippen molar-refractivity contribution in [3.8, 4) is 11.4 Å². The molecular weight excluding hydrogens is 386 g/mol. The minimum Gasteiger partial charge on any atom is -0.372 e. The van der Waals surface area contributed by atoms with Crippen LogP contribution in [-0.2, 0) is 0 Å². The number of piperidine rings is 1. The molecule has 5 rings (SSSR count).